The Morgan fingerprint density at radius 1 is 1.04 bits per heavy atom. The van der Waals surface area contributed by atoms with Crippen molar-refractivity contribution in [3.63, 3.8) is 0 Å². The molecule has 1 heteroatoms. The summed E-state index contributed by atoms with van der Waals surface area (Å²) in [6.07, 6.45) is 12.8. The number of rotatable bonds is 1. The van der Waals surface area contributed by atoms with E-state index in [0.29, 0.717) is 11.2 Å². The van der Waals surface area contributed by atoms with E-state index in [4.69, 9.17) is 0 Å². The molecule has 0 bridgehead atoms. The highest BCUT2D eigenvalue weighted by Gasteiger charge is 2.60. The van der Waals surface area contributed by atoms with Crippen LogP contribution < -0.4 is 0 Å². The van der Waals surface area contributed by atoms with Gasteiger partial charge in [-0.1, -0.05) is 38.8 Å². The first kappa shape index (κ1) is 16.9. The molecular weight excluding hydrogens is 292 g/mol. The van der Waals surface area contributed by atoms with Crippen LogP contribution in [0, 0.1) is 39.9 Å². The summed E-state index contributed by atoms with van der Waals surface area (Å²) < 4.78 is 0. The minimum absolute atomic E-state index is 0.222. The maximum absolute atomic E-state index is 12.5. The number of fused-ring (bicyclic) bond motifs is 5. The van der Waals surface area contributed by atoms with Crippen LogP contribution in [-0.2, 0) is 4.79 Å². The predicted molar refractivity (Wildman–Crippen MR) is 99.7 cm³/mol. The number of carbonyl (C=O) groups excluding carboxylic acids is 1. The molecule has 0 spiro atoms. The van der Waals surface area contributed by atoms with Crippen molar-refractivity contribution in [2.24, 2.45) is 39.9 Å². The summed E-state index contributed by atoms with van der Waals surface area (Å²) in [5, 5.41) is 0. The van der Waals surface area contributed by atoms with Gasteiger partial charge >= 0.3 is 0 Å². The minimum atomic E-state index is -0.222. The van der Waals surface area contributed by atoms with E-state index < -0.39 is 0 Å². The van der Waals surface area contributed by atoms with E-state index in [9.17, 15) is 4.79 Å². The second-order valence-electron chi connectivity index (χ2n) is 10.4. The zero-order valence-electron chi connectivity index (χ0n) is 16.5. The van der Waals surface area contributed by atoms with Crippen LogP contribution in [0.4, 0.5) is 0 Å². The fourth-order valence-electron chi connectivity index (χ4n) is 8.00. The maximum Gasteiger partial charge on any atom is 0.142 e. The summed E-state index contributed by atoms with van der Waals surface area (Å²) >= 11 is 0. The largest absolute Gasteiger partial charge is 0.299 e. The van der Waals surface area contributed by atoms with Crippen LogP contribution >= 0.6 is 0 Å². The zero-order valence-corrected chi connectivity index (χ0v) is 16.5. The highest BCUT2D eigenvalue weighted by atomic mass is 16.1. The zero-order chi connectivity index (χ0) is 17.3. The summed E-state index contributed by atoms with van der Waals surface area (Å²) in [4.78, 5) is 12.5. The quantitative estimate of drug-likeness (QED) is 0.525. The standard InChI is InChI=1S/C23H36O/c1-6-15-7-9-17-16-8-10-19-21(2,3)20(24)12-14-23(19,5)18(16)11-13-22(15,17)4/h10,15-18H,6-9,11-14H2,1-5H3/t15-,16?,17?,18?,22+,23+/m0/s1. The van der Waals surface area contributed by atoms with Crippen LogP contribution in [0.3, 0.4) is 0 Å². The van der Waals surface area contributed by atoms with E-state index in [1.807, 2.05) is 0 Å². The molecule has 0 aromatic rings. The highest BCUT2D eigenvalue weighted by Crippen LogP contribution is 2.67. The number of ketones is 1. The third-order valence-corrected chi connectivity index (χ3v) is 9.40. The van der Waals surface area contributed by atoms with Gasteiger partial charge in [0.15, 0.2) is 0 Å². The molecule has 0 aliphatic heterocycles. The van der Waals surface area contributed by atoms with E-state index in [-0.39, 0.29) is 10.8 Å². The lowest BCUT2D eigenvalue weighted by atomic mass is 9.44. The monoisotopic (exact) mass is 328 g/mol. The fraction of sp³-hybridized carbons (Fsp3) is 0.870. The molecule has 4 aliphatic rings. The van der Waals surface area contributed by atoms with Crippen molar-refractivity contribution in [3.8, 4) is 0 Å². The molecular formula is C23H36O. The van der Waals surface area contributed by atoms with Crippen LogP contribution in [-0.4, -0.2) is 5.78 Å². The van der Waals surface area contributed by atoms with Gasteiger partial charge in [0.25, 0.3) is 0 Å². The van der Waals surface area contributed by atoms with Crippen molar-refractivity contribution >= 4 is 5.78 Å². The van der Waals surface area contributed by atoms with Crippen molar-refractivity contribution in [2.75, 3.05) is 0 Å². The molecule has 4 rings (SSSR count). The topological polar surface area (TPSA) is 17.1 Å². The molecule has 24 heavy (non-hydrogen) atoms. The SMILES string of the molecule is CC[C@H]1CCC2C3CC=C4C(C)(C)C(=O)CC[C@]4(C)C3CC[C@@]21C. The van der Waals surface area contributed by atoms with Crippen LogP contribution in [0.5, 0.6) is 0 Å². The average Bonchev–Trinajstić information content (AvgIpc) is 2.88. The van der Waals surface area contributed by atoms with Gasteiger partial charge in [0.2, 0.25) is 0 Å². The highest BCUT2D eigenvalue weighted by molar-refractivity contribution is 5.89. The Morgan fingerprint density at radius 2 is 1.79 bits per heavy atom. The van der Waals surface area contributed by atoms with E-state index >= 15 is 0 Å². The fourth-order valence-corrected chi connectivity index (χ4v) is 8.00. The number of allylic oxidation sites excluding steroid dienone is 2. The summed E-state index contributed by atoms with van der Waals surface area (Å²) in [5.74, 6) is 4.04. The number of Topliss-reactive ketones (excluding diaryl/α,β-unsaturated/α-hetero) is 1. The van der Waals surface area contributed by atoms with E-state index in [1.165, 1.54) is 44.1 Å². The molecule has 3 fully saturated rings. The van der Waals surface area contributed by atoms with Gasteiger partial charge in [-0.25, -0.2) is 0 Å². The summed E-state index contributed by atoms with van der Waals surface area (Å²) in [6, 6.07) is 0. The molecule has 1 nitrogen and oxygen atoms in total. The third kappa shape index (κ3) is 1.96. The molecule has 134 valence electrons. The summed E-state index contributed by atoms with van der Waals surface area (Å²) in [7, 11) is 0. The molecule has 0 aromatic carbocycles. The second-order valence-corrected chi connectivity index (χ2v) is 10.4. The molecule has 0 radical (unpaired) electrons. The normalized spacial score (nSPS) is 49.9. The van der Waals surface area contributed by atoms with Gasteiger partial charge in [0.1, 0.15) is 5.78 Å². The Kier molecular flexibility index (Phi) is 3.66. The van der Waals surface area contributed by atoms with Crippen molar-refractivity contribution in [2.45, 2.75) is 86.0 Å². The Bertz CT molecular complexity index is 585. The predicted octanol–water partition coefficient (Wildman–Crippen LogP) is 6.18. The molecule has 0 aromatic heterocycles. The lowest BCUT2D eigenvalue weighted by Gasteiger charge is -2.59. The molecule has 4 aliphatic carbocycles. The van der Waals surface area contributed by atoms with Gasteiger partial charge < -0.3 is 0 Å². The molecule has 3 saturated carbocycles. The van der Waals surface area contributed by atoms with Crippen molar-refractivity contribution in [1.82, 2.24) is 0 Å². The third-order valence-electron chi connectivity index (χ3n) is 9.40. The van der Waals surface area contributed by atoms with Crippen LogP contribution in [0.2, 0.25) is 0 Å². The molecule has 0 amide bonds. The Hall–Kier alpha value is -0.590. The molecule has 6 atom stereocenters. The Labute approximate surface area is 148 Å². The van der Waals surface area contributed by atoms with Crippen LogP contribution in [0.15, 0.2) is 11.6 Å². The van der Waals surface area contributed by atoms with Crippen molar-refractivity contribution in [1.29, 1.82) is 0 Å². The second kappa shape index (κ2) is 5.21. The summed E-state index contributed by atoms with van der Waals surface area (Å²) in [6.45, 7) is 11.9. The van der Waals surface area contributed by atoms with E-state index in [1.54, 1.807) is 0 Å². The van der Waals surface area contributed by atoms with Gasteiger partial charge in [0.05, 0.1) is 0 Å². The van der Waals surface area contributed by atoms with E-state index in [0.717, 1.165) is 36.5 Å². The van der Waals surface area contributed by atoms with Gasteiger partial charge in [-0.05, 0) is 86.9 Å². The van der Waals surface area contributed by atoms with Crippen molar-refractivity contribution in [3.05, 3.63) is 11.6 Å². The van der Waals surface area contributed by atoms with Crippen LogP contribution in [0.1, 0.15) is 86.0 Å². The molecule has 0 heterocycles. The molecule has 0 saturated heterocycles. The molecule has 0 N–H and O–H groups in total. The van der Waals surface area contributed by atoms with Gasteiger partial charge in [-0.15, -0.1) is 0 Å². The first-order valence-corrected chi connectivity index (χ1v) is 10.5. The van der Waals surface area contributed by atoms with Gasteiger partial charge in [0, 0.05) is 11.8 Å². The number of carbonyl (C=O) groups is 1. The molecule has 3 unspecified atom stereocenters. The Morgan fingerprint density at radius 3 is 2.50 bits per heavy atom. The van der Waals surface area contributed by atoms with Gasteiger partial charge in [-0.2, -0.15) is 0 Å². The first-order chi connectivity index (χ1) is 11.2. The minimum Gasteiger partial charge on any atom is -0.299 e. The number of hydrogen-bond donors (Lipinski definition) is 0. The first-order valence-electron chi connectivity index (χ1n) is 10.5. The lowest BCUT2D eigenvalue weighted by molar-refractivity contribution is -0.131. The smallest absolute Gasteiger partial charge is 0.142 e. The number of hydrogen-bond acceptors (Lipinski definition) is 1. The lowest BCUT2D eigenvalue weighted by Crippen LogP contribution is -2.53. The van der Waals surface area contributed by atoms with Crippen LogP contribution in [0.25, 0.3) is 0 Å². The Balaban J connectivity index is 1.72. The van der Waals surface area contributed by atoms with Crippen molar-refractivity contribution < 1.29 is 4.79 Å². The summed E-state index contributed by atoms with van der Waals surface area (Å²) in [5.41, 5.74) is 2.16. The average molecular weight is 329 g/mol. The van der Waals surface area contributed by atoms with E-state index in [2.05, 4.69) is 40.7 Å². The van der Waals surface area contributed by atoms with Gasteiger partial charge in [-0.3, -0.25) is 4.79 Å². The maximum atomic E-state index is 12.5.